The standard InChI is InChI=1S/C15H14N4O3/c1-21-9-5-6-11-10(8-9)14(19-18-11)17-15(20)13-12(22-2)4-3-7-16-13/h3-8H,1-2H3,(H2,17,18,19,20). The molecule has 0 saturated heterocycles. The number of H-pyrrole nitrogens is 1. The molecule has 7 heteroatoms. The molecule has 3 rings (SSSR count). The maximum atomic E-state index is 12.4. The molecule has 0 unspecified atom stereocenters. The van der Waals surface area contributed by atoms with Gasteiger partial charge in [0, 0.05) is 11.6 Å². The normalized spacial score (nSPS) is 10.5. The van der Waals surface area contributed by atoms with Gasteiger partial charge in [-0.15, -0.1) is 0 Å². The van der Waals surface area contributed by atoms with Crippen LogP contribution in [0.2, 0.25) is 0 Å². The zero-order valence-electron chi connectivity index (χ0n) is 12.1. The second kappa shape index (κ2) is 5.72. The number of methoxy groups -OCH3 is 2. The average molecular weight is 298 g/mol. The Labute approximate surface area is 126 Å². The smallest absolute Gasteiger partial charge is 0.279 e. The number of benzene rings is 1. The van der Waals surface area contributed by atoms with Gasteiger partial charge in [0.1, 0.15) is 11.5 Å². The topological polar surface area (TPSA) is 89.1 Å². The summed E-state index contributed by atoms with van der Waals surface area (Å²) < 4.78 is 10.3. The van der Waals surface area contributed by atoms with E-state index in [9.17, 15) is 4.79 Å². The van der Waals surface area contributed by atoms with E-state index in [1.165, 1.54) is 13.3 Å². The number of carbonyl (C=O) groups excluding carboxylic acids is 1. The van der Waals surface area contributed by atoms with Crippen molar-refractivity contribution >= 4 is 22.6 Å². The summed E-state index contributed by atoms with van der Waals surface area (Å²) in [7, 11) is 3.07. The Morgan fingerprint density at radius 2 is 2.09 bits per heavy atom. The highest BCUT2D eigenvalue weighted by Crippen LogP contribution is 2.26. The van der Waals surface area contributed by atoms with E-state index in [1.807, 2.05) is 12.1 Å². The highest BCUT2D eigenvalue weighted by Gasteiger charge is 2.16. The monoisotopic (exact) mass is 298 g/mol. The Morgan fingerprint density at radius 1 is 1.23 bits per heavy atom. The van der Waals surface area contributed by atoms with E-state index < -0.39 is 5.91 Å². The number of amides is 1. The minimum absolute atomic E-state index is 0.198. The Hall–Kier alpha value is -3.09. The van der Waals surface area contributed by atoms with Crippen LogP contribution in [0.5, 0.6) is 11.5 Å². The number of hydrogen-bond donors (Lipinski definition) is 2. The highest BCUT2D eigenvalue weighted by atomic mass is 16.5. The lowest BCUT2D eigenvalue weighted by Crippen LogP contribution is -2.15. The zero-order valence-corrected chi connectivity index (χ0v) is 12.1. The Bertz CT molecular complexity index is 829. The fraction of sp³-hybridized carbons (Fsp3) is 0.133. The fourth-order valence-corrected chi connectivity index (χ4v) is 2.11. The summed E-state index contributed by atoms with van der Waals surface area (Å²) in [5.41, 5.74) is 0.994. The van der Waals surface area contributed by atoms with Gasteiger partial charge in [0.05, 0.1) is 19.7 Å². The molecule has 1 aromatic carbocycles. The van der Waals surface area contributed by atoms with Crippen LogP contribution in [-0.2, 0) is 0 Å². The van der Waals surface area contributed by atoms with Crippen LogP contribution in [0.1, 0.15) is 10.5 Å². The molecule has 0 fully saturated rings. The second-order valence-corrected chi connectivity index (χ2v) is 4.49. The minimum atomic E-state index is -0.395. The predicted octanol–water partition coefficient (Wildman–Crippen LogP) is 2.23. The number of carbonyl (C=O) groups is 1. The van der Waals surface area contributed by atoms with E-state index in [0.29, 0.717) is 17.3 Å². The third kappa shape index (κ3) is 2.44. The molecular weight excluding hydrogens is 284 g/mol. The molecule has 112 valence electrons. The van der Waals surface area contributed by atoms with Gasteiger partial charge in [-0.1, -0.05) is 0 Å². The van der Waals surface area contributed by atoms with Gasteiger partial charge in [-0.2, -0.15) is 5.10 Å². The molecule has 2 aromatic heterocycles. The second-order valence-electron chi connectivity index (χ2n) is 4.49. The molecule has 0 aliphatic rings. The van der Waals surface area contributed by atoms with Crippen molar-refractivity contribution in [2.24, 2.45) is 0 Å². The van der Waals surface area contributed by atoms with Crippen molar-refractivity contribution in [1.29, 1.82) is 0 Å². The van der Waals surface area contributed by atoms with Gasteiger partial charge >= 0.3 is 0 Å². The van der Waals surface area contributed by atoms with E-state index in [1.54, 1.807) is 25.3 Å². The summed E-state index contributed by atoms with van der Waals surface area (Å²) >= 11 is 0. The molecule has 3 aromatic rings. The summed E-state index contributed by atoms with van der Waals surface area (Å²) in [4.78, 5) is 16.4. The van der Waals surface area contributed by atoms with Crippen LogP contribution < -0.4 is 14.8 Å². The summed E-state index contributed by atoms with van der Waals surface area (Å²) in [6, 6.07) is 8.81. The maximum Gasteiger partial charge on any atom is 0.279 e. The lowest BCUT2D eigenvalue weighted by molar-refractivity contribution is 0.101. The number of fused-ring (bicyclic) bond motifs is 1. The van der Waals surface area contributed by atoms with Crippen molar-refractivity contribution in [3.8, 4) is 11.5 Å². The average Bonchev–Trinajstić information content (AvgIpc) is 2.96. The number of rotatable bonds is 4. The van der Waals surface area contributed by atoms with Gasteiger partial charge in [0.25, 0.3) is 5.91 Å². The van der Waals surface area contributed by atoms with Crippen molar-refractivity contribution < 1.29 is 14.3 Å². The first-order chi connectivity index (χ1) is 10.7. The van der Waals surface area contributed by atoms with Crippen molar-refractivity contribution in [2.45, 2.75) is 0 Å². The summed E-state index contributed by atoms with van der Waals surface area (Å²) in [5, 5.41) is 10.4. The zero-order chi connectivity index (χ0) is 15.5. The van der Waals surface area contributed by atoms with Gasteiger partial charge in [-0.25, -0.2) is 4.98 Å². The van der Waals surface area contributed by atoms with Crippen LogP contribution in [0.3, 0.4) is 0 Å². The molecule has 0 aliphatic carbocycles. The summed E-state index contributed by atoms with van der Waals surface area (Å²) in [6.45, 7) is 0. The number of aromatic nitrogens is 3. The van der Waals surface area contributed by atoms with E-state index in [4.69, 9.17) is 9.47 Å². The Morgan fingerprint density at radius 3 is 2.86 bits per heavy atom. The van der Waals surface area contributed by atoms with Crippen LogP contribution in [0.4, 0.5) is 5.82 Å². The highest BCUT2D eigenvalue weighted by molar-refractivity contribution is 6.08. The van der Waals surface area contributed by atoms with E-state index in [2.05, 4.69) is 20.5 Å². The van der Waals surface area contributed by atoms with Gasteiger partial charge in [-0.05, 0) is 30.3 Å². The molecule has 2 N–H and O–H groups in total. The van der Waals surface area contributed by atoms with Crippen LogP contribution in [0, 0.1) is 0 Å². The summed E-state index contributed by atoms with van der Waals surface area (Å²) in [6.07, 6.45) is 1.53. The van der Waals surface area contributed by atoms with E-state index in [0.717, 1.165) is 10.9 Å². The van der Waals surface area contributed by atoms with Crippen molar-refractivity contribution in [3.05, 3.63) is 42.2 Å². The third-order valence-corrected chi connectivity index (χ3v) is 3.21. The molecule has 0 aliphatic heterocycles. The molecular formula is C15H14N4O3. The van der Waals surface area contributed by atoms with Crippen LogP contribution in [0.25, 0.3) is 10.9 Å². The largest absolute Gasteiger partial charge is 0.497 e. The van der Waals surface area contributed by atoms with Gasteiger partial charge in [0.2, 0.25) is 0 Å². The molecule has 0 bridgehead atoms. The van der Waals surface area contributed by atoms with Crippen molar-refractivity contribution in [2.75, 3.05) is 19.5 Å². The third-order valence-electron chi connectivity index (χ3n) is 3.21. The molecule has 1 amide bonds. The number of nitrogens with zero attached hydrogens (tertiary/aromatic N) is 2. The van der Waals surface area contributed by atoms with Gasteiger partial charge in [-0.3, -0.25) is 9.89 Å². The molecule has 0 spiro atoms. The Kier molecular flexibility index (Phi) is 3.61. The molecule has 0 radical (unpaired) electrons. The van der Waals surface area contributed by atoms with Crippen molar-refractivity contribution in [1.82, 2.24) is 15.2 Å². The van der Waals surface area contributed by atoms with Crippen LogP contribution in [-0.4, -0.2) is 35.3 Å². The predicted molar refractivity (Wildman–Crippen MR) is 81.4 cm³/mol. The first-order valence-electron chi connectivity index (χ1n) is 6.55. The molecule has 22 heavy (non-hydrogen) atoms. The molecule has 0 atom stereocenters. The quantitative estimate of drug-likeness (QED) is 0.771. The van der Waals surface area contributed by atoms with E-state index >= 15 is 0 Å². The lowest BCUT2D eigenvalue weighted by atomic mass is 10.2. The van der Waals surface area contributed by atoms with Crippen molar-refractivity contribution in [3.63, 3.8) is 0 Å². The SMILES string of the molecule is COc1ccc2[nH]nc(NC(=O)c3ncccc3OC)c2c1. The fourth-order valence-electron chi connectivity index (χ4n) is 2.11. The molecule has 0 saturated carbocycles. The number of ether oxygens (including phenoxy) is 2. The summed E-state index contributed by atoms with van der Waals surface area (Å²) in [5.74, 6) is 1.09. The number of anilines is 1. The number of hydrogen-bond acceptors (Lipinski definition) is 5. The first-order valence-corrected chi connectivity index (χ1v) is 6.55. The number of nitrogens with one attached hydrogen (secondary N) is 2. The lowest BCUT2D eigenvalue weighted by Gasteiger charge is -2.06. The van der Waals surface area contributed by atoms with Crippen LogP contribution in [0.15, 0.2) is 36.5 Å². The van der Waals surface area contributed by atoms with E-state index in [-0.39, 0.29) is 5.69 Å². The Balaban J connectivity index is 1.94. The van der Waals surface area contributed by atoms with Gasteiger partial charge in [0.15, 0.2) is 11.5 Å². The first kappa shape index (κ1) is 13.9. The minimum Gasteiger partial charge on any atom is -0.497 e. The molecule has 7 nitrogen and oxygen atoms in total. The number of pyridine rings is 1. The van der Waals surface area contributed by atoms with Crippen LogP contribution >= 0.6 is 0 Å². The van der Waals surface area contributed by atoms with Gasteiger partial charge < -0.3 is 14.8 Å². The molecule has 2 heterocycles. The maximum absolute atomic E-state index is 12.4. The number of aromatic amines is 1.